The minimum Gasteiger partial charge on any atom is -0.389 e. The van der Waals surface area contributed by atoms with Gasteiger partial charge in [-0.25, -0.2) is 0 Å². The van der Waals surface area contributed by atoms with E-state index in [1.807, 2.05) is 37.3 Å². The van der Waals surface area contributed by atoms with Crippen LogP contribution in [0.2, 0.25) is 0 Å². The summed E-state index contributed by atoms with van der Waals surface area (Å²) in [7, 11) is 0. The highest BCUT2D eigenvalue weighted by Gasteiger charge is 2.33. The predicted octanol–water partition coefficient (Wildman–Crippen LogP) is 1.03. The Hall–Kier alpha value is -0.940. The zero-order valence-electron chi connectivity index (χ0n) is 9.95. The quantitative estimate of drug-likeness (QED) is 0.824. The SMILES string of the molecule is C[C@@H]1O[C@@H](OCc2ccccc2)C[C@H](N)[C@H]1O. The van der Waals surface area contributed by atoms with E-state index in [0.717, 1.165) is 5.56 Å². The molecule has 0 spiro atoms. The van der Waals surface area contributed by atoms with Crippen molar-refractivity contribution in [2.75, 3.05) is 0 Å². The summed E-state index contributed by atoms with van der Waals surface area (Å²) < 4.78 is 11.2. The molecule has 3 N–H and O–H groups in total. The minimum absolute atomic E-state index is 0.278. The molecule has 0 aromatic heterocycles. The zero-order chi connectivity index (χ0) is 12.3. The van der Waals surface area contributed by atoms with Gasteiger partial charge in [0.15, 0.2) is 6.29 Å². The monoisotopic (exact) mass is 237 g/mol. The molecule has 1 saturated heterocycles. The molecule has 0 amide bonds. The van der Waals surface area contributed by atoms with Gasteiger partial charge in [0.1, 0.15) is 0 Å². The van der Waals surface area contributed by atoms with Crippen molar-refractivity contribution < 1.29 is 14.6 Å². The van der Waals surface area contributed by atoms with Crippen molar-refractivity contribution in [1.29, 1.82) is 0 Å². The molecular formula is C13H19NO3. The highest BCUT2D eigenvalue weighted by molar-refractivity contribution is 5.13. The Morgan fingerprint density at radius 1 is 1.41 bits per heavy atom. The first-order valence-electron chi connectivity index (χ1n) is 5.91. The summed E-state index contributed by atoms with van der Waals surface area (Å²) in [6, 6.07) is 9.63. The third kappa shape index (κ3) is 3.26. The predicted molar refractivity (Wildman–Crippen MR) is 64.2 cm³/mol. The molecule has 1 aromatic carbocycles. The number of aliphatic hydroxyl groups is 1. The van der Waals surface area contributed by atoms with E-state index in [0.29, 0.717) is 13.0 Å². The Morgan fingerprint density at radius 2 is 2.12 bits per heavy atom. The molecule has 0 unspecified atom stereocenters. The van der Waals surface area contributed by atoms with Crippen LogP contribution in [-0.4, -0.2) is 29.6 Å². The normalized spacial score (nSPS) is 33.6. The first-order chi connectivity index (χ1) is 8.16. The third-order valence-corrected chi connectivity index (χ3v) is 3.03. The van der Waals surface area contributed by atoms with Crippen LogP contribution in [-0.2, 0) is 16.1 Å². The van der Waals surface area contributed by atoms with Gasteiger partial charge in [0, 0.05) is 12.5 Å². The Labute approximate surface area is 101 Å². The van der Waals surface area contributed by atoms with E-state index in [4.69, 9.17) is 15.2 Å². The largest absolute Gasteiger partial charge is 0.389 e. The van der Waals surface area contributed by atoms with E-state index in [1.165, 1.54) is 0 Å². The van der Waals surface area contributed by atoms with Crippen molar-refractivity contribution in [2.24, 2.45) is 5.73 Å². The van der Waals surface area contributed by atoms with Crippen LogP contribution in [0.15, 0.2) is 30.3 Å². The second-order valence-electron chi connectivity index (χ2n) is 4.46. The van der Waals surface area contributed by atoms with Gasteiger partial charge < -0.3 is 20.3 Å². The molecule has 1 aromatic rings. The summed E-state index contributed by atoms with van der Waals surface area (Å²) in [5.41, 5.74) is 6.92. The first-order valence-corrected chi connectivity index (χ1v) is 5.91. The average Bonchev–Trinajstić information content (AvgIpc) is 2.34. The van der Waals surface area contributed by atoms with Gasteiger partial charge in [-0.1, -0.05) is 30.3 Å². The maximum Gasteiger partial charge on any atom is 0.160 e. The van der Waals surface area contributed by atoms with Gasteiger partial charge in [-0.3, -0.25) is 0 Å². The molecule has 0 saturated carbocycles. The van der Waals surface area contributed by atoms with E-state index < -0.39 is 6.10 Å². The molecule has 4 nitrogen and oxygen atoms in total. The number of hydrogen-bond donors (Lipinski definition) is 2. The summed E-state index contributed by atoms with van der Waals surface area (Å²) in [5, 5.41) is 9.64. The molecule has 1 fully saturated rings. The highest BCUT2D eigenvalue weighted by atomic mass is 16.7. The summed E-state index contributed by atoms with van der Waals surface area (Å²) in [6.45, 7) is 2.31. The topological polar surface area (TPSA) is 64.7 Å². The summed E-state index contributed by atoms with van der Waals surface area (Å²) in [4.78, 5) is 0. The van der Waals surface area contributed by atoms with Gasteiger partial charge in [-0.2, -0.15) is 0 Å². The fraction of sp³-hybridized carbons (Fsp3) is 0.538. The number of nitrogens with two attached hydrogens (primary N) is 1. The Balaban J connectivity index is 1.84. The third-order valence-electron chi connectivity index (χ3n) is 3.03. The number of benzene rings is 1. The second-order valence-corrected chi connectivity index (χ2v) is 4.46. The number of hydrogen-bond acceptors (Lipinski definition) is 4. The lowest BCUT2D eigenvalue weighted by molar-refractivity contribution is -0.226. The minimum atomic E-state index is -0.605. The second kappa shape index (κ2) is 5.60. The van der Waals surface area contributed by atoms with Gasteiger partial charge in [0.05, 0.1) is 18.8 Å². The molecule has 0 bridgehead atoms. The molecule has 2 rings (SSSR count). The fourth-order valence-electron chi connectivity index (χ4n) is 1.96. The van der Waals surface area contributed by atoms with Crippen molar-refractivity contribution in [3.63, 3.8) is 0 Å². The van der Waals surface area contributed by atoms with Crippen LogP contribution in [0.25, 0.3) is 0 Å². The molecule has 0 radical (unpaired) electrons. The van der Waals surface area contributed by atoms with E-state index in [1.54, 1.807) is 0 Å². The van der Waals surface area contributed by atoms with Gasteiger partial charge in [-0.05, 0) is 12.5 Å². The maximum atomic E-state index is 9.64. The highest BCUT2D eigenvalue weighted by Crippen LogP contribution is 2.20. The average molecular weight is 237 g/mol. The molecule has 1 heterocycles. The lowest BCUT2D eigenvalue weighted by Crippen LogP contribution is -2.51. The standard InChI is InChI=1S/C13H19NO3/c1-9-13(15)11(14)7-12(17-9)16-8-10-5-3-2-4-6-10/h2-6,9,11-13,15H,7-8,14H2,1H3/t9-,11-,12+,13-/m0/s1. The van der Waals surface area contributed by atoms with E-state index in [2.05, 4.69) is 0 Å². The van der Waals surface area contributed by atoms with E-state index in [9.17, 15) is 5.11 Å². The number of aliphatic hydroxyl groups excluding tert-OH is 1. The van der Waals surface area contributed by atoms with Crippen LogP contribution >= 0.6 is 0 Å². The van der Waals surface area contributed by atoms with Gasteiger partial charge in [0.2, 0.25) is 0 Å². The Kier molecular flexibility index (Phi) is 4.12. The lowest BCUT2D eigenvalue weighted by Gasteiger charge is -2.35. The summed E-state index contributed by atoms with van der Waals surface area (Å²) in [6.07, 6.45) is -0.687. The van der Waals surface area contributed by atoms with Crippen LogP contribution in [0.5, 0.6) is 0 Å². The van der Waals surface area contributed by atoms with Crippen molar-refractivity contribution in [3.05, 3.63) is 35.9 Å². The van der Waals surface area contributed by atoms with Crippen molar-refractivity contribution >= 4 is 0 Å². The molecule has 4 heteroatoms. The zero-order valence-corrected chi connectivity index (χ0v) is 9.95. The van der Waals surface area contributed by atoms with Crippen LogP contribution in [0.4, 0.5) is 0 Å². The maximum absolute atomic E-state index is 9.64. The fourth-order valence-corrected chi connectivity index (χ4v) is 1.96. The number of rotatable bonds is 3. The van der Waals surface area contributed by atoms with E-state index >= 15 is 0 Å². The molecule has 1 aliphatic rings. The Morgan fingerprint density at radius 3 is 2.76 bits per heavy atom. The van der Waals surface area contributed by atoms with Crippen LogP contribution in [0, 0.1) is 0 Å². The van der Waals surface area contributed by atoms with Crippen molar-refractivity contribution in [3.8, 4) is 0 Å². The van der Waals surface area contributed by atoms with Crippen LogP contribution < -0.4 is 5.73 Å². The van der Waals surface area contributed by atoms with Crippen molar-refractivity contribution in [1.82, 2.24) is 0 Å². The molecule has 1 aliphatic heterocycles. The smallest absolute Gasteiger partial charge is 0.160 e. The van der Waals surface area contributed by atoms with Crippen LogP contribution in [0.3, 0.4) is 0 Å². The molecule has 0 aliphatic carbocycles. The van der Waals surface area contributed by atoms with Gasteiger partial charge in [0.25, 0.3) is 0 Å². The van der Waals surface area contributed by atoms with Crippen LogP contribution in [0.1, 0.15) is 18.9 Å². The molecular weight excluding hydrogens is 218 g/mol. The Bertz CT molecular complexity index is 332. The van der Waals surface area contributed by atoms with Gasteiger partial charge >= 0.3 is 0 Å². The van der Waals surface area contributed by atoms with Crippen molar-refractivity contribution in [2.45, 2.75) is 44.5 Å². The van der Waals surface area contributed by atoms with E-state index in [-0.39, 0.29) is 18.4 Å². The van der Waals surface area contributed by atoms with Gasteiger partial charge in [-0.15, -0.1) is 0 Å². The molecule has 17 heavy (non-hydrogen) atoms. The molecule has 4 atom stereocenters. The number of ether oxygens (including phenoxy) is 2. The first kappa shape index (κ1) is 12.5. The lowest BCUT2D eigenvalue weighted by atomic mass is 10.0. The molecule has 94 valence electrons. The summed E-state index contributed by atoms with van der Waals surface area (Å²) >= 11 is 0. The summed E-state index contributed by atoms with van der Waals surface area (Å²) in [5.74, 6) is 0.